The van der Waals surface area contributed by atoms with Crippen LogP contribution in [0, 0.1) is 5.92 Å². The molecule has 116 valence electrons. The minimum absolute atomic E-state index is 0.485. The maximum atomic E-state index is 6.05. The summed E-state index contributed by atoms with van der Waals surface area (Å²) in [6.07, 6.45) is 6.62. The van der Waals surface area contributed by atoms with Crippen molar-refractivity contribution < 1.29 is 0 Å². The van der Waals surface area contributed by atoms with E-state index in [0.717, 1.165) is 29.6 Å². The molecule has 0 radical (unpaired) electrons. The van der Waals surface area contributed by atoms with E-state index in [4.69, 9.17) is 11.6 Å². The molecule has 3 heteroatoms. The summed E-state index contributed by atoms with van der Waals surface area (Å²) < 4.78 is 0. The van der Waals surface area contributed by atoms with Crippen LogP contribution in [-0.4, -0.2) is 30.6 Å². The number of hydrogen-bond donors (Lipinski definition) is 1. The highest BCUT2D eigenvalue weighted by Gasteiger charge is 2.41. The number of rotatable bonds is 5. The van der Waals surface area contributed by atoms with Gasteiger partial charge in [-0.1, -0.05) is 30.7 Å². The molecule has 1 aromatic rings. The van der Waals surface area contributed by atoms with Crippen molar-refractivity contribution in [1.82, 2.24) is 10.2 Å². The molecule has 0 amide bonds. The smallest absolute Gasteiger partial charge is 0.0406 e. The third-order valence-corrected chi connectivity index (χ3v) is 5.70. The average molecular weight is 307 g/mol. The molecule has 2 nitrogen and oxygen atoms in total. The van der Waals surface area contributed by atoms with Crippen LogP contribution in [0.25, 0.3) is 0 Å². The largest absolute Gasteiger partial charge is 0.310 e. The number of fused-ring (bicyclic) bond motifs is 2. The van der Waals surface area contributed by atoms with E-state index in [1.807, 2.05) is 12.1 Å². The number of hydrogen-bond acceptors (Lipinski definition) is 2. The second kappa shape index (κ2) is 6.68. The predicted octanol–water partition coefficient (Wildman–Crippen LogP) is 4.25. The summed E-state index contributed by atoms with van der Waals surface area (Å²) in [4.78, 5) is 2.62. The maximum absolute atomic E-state index is 6.05. The standard InChI is InChI=1S/C18H27ClN2/c1-3-10-20-18(13-4-6-15(19)7-5-13)14-11-16-8-9-17(12-14)21(16)2/h4-7,14,16-18,20H,3,8-12H2,1-2H3. The lowest BCUT2D eigenvalue weighted by Gasteiger charge is -2.40. The second-order valence-electron chi connectivity index (χ2n) is 6.77. The summed E-state index contributed by atoms with van der Waals surface area (Å²) in [5.41, 5.74) is 1.40. The molecule has 2 saturated heterocycles. The van der Waals surface area contributed by atoms with Crippen LogP contribution in [0.15, 0.2) is 24.3 Å². The lowest BCUT2D eigenvalue weighted by molar-refractivity contribution is 0.112. The molecule has 2 heterocycles. The highest BCUT2D eigenvalue weighted by atomic mass is 35.5. The first kappa shape index (κ1) is 15.3. The van der Waals surface area contributed by atoms with Gasteiger partial charge >= 0.3 is 0 Å². The van der Waals surface area contributed by atoms with Crippen molar-refractivity contribution in [3.8, 4) is 0 Å². The fourth-order valence-electron chi connectivity index (χ4n) is 4.25. The number of piperidine rings is 1. The van der Waals surface area contributed by atoms with Gasteiger partial charge in [-0.05, 0) is 69.3 Å². The molecular weight excluding hydrogens is 280 g/mol. The van der Waals surface area contributed by atoms with Gasteiger partial charge in [0.15, 0.2) is 0 Å². The lowest BCUT2D eigenvalue weighted by atomic mass is 9.82. The van der Waals surface area contributed by atoms with Gasteiger partial charge < -0.3 is 10.2 Å². The first-order valence-electron chi connectivity index (χ1n) is 8.39. The van der Waals surface area contributed by atoms with Gasteiger partial charge in [0.1, 0.15) is 0 Å². The predicted molar refractivity (Wildman–Crippen MR) is 89.8 cm³/mol. The molecular formula is C18H27ClN2. The number of nitrogens with zero attached hydrogens (tertiary/aromatic N) is 1. The third-order valence-electron chi connectivity index (χ3n) is 5.45. The fraction of sp³-hybridized carbons (Fsp3) is 0.667. The molecule has 0 aliphatic carbocycles. The third kappa shape index (κ3) is 3.28. The SMILES string of the molecule is CCCNC(c1ccc(Cl)cc1)C1CC2CCC(C1)N2C. The Bertz CT molecular complexity index is 445. The normalized spacial score (nSPS) is 30.5. The molecule has 3 unspecified atom stereocenters. The molecule has 0 spiro atoms. The molecule has 1 aromatic carbocycles. The van der Waals surface area contributed by atoms with E-state index >= 15 is 0 Å². The Morgan fingerprint density at radius 3 is 2.38 bits per heavy atom. The molecule has 0 saturated carbocycles. The van der Waals surface area contributed by atoms with Crippen molar-refractivity contribution in [2.75, 3.05) is 13.6 Å². The zero-order chi connectivity index (χ0) is 14.8. The Balaban J connectivity index is 1.77. The molecule has 21 heavy (non-hydrogen) atoms. The summed E-state index contributed by atoms with van der Waals surface area (Å²) in [5, 5.41) is 4.63. The summed E-state index contributed by atoms with van der Waals surface area (Å²) >= 11 is 6.05. The monoisotopic (exact) mass is 306 g/mol. The quantitative estimate of drug-likeness (QED) is 0.874. The first-order valence-corrected chi connectivity index (χ1v) is 8.77. The van der Waals surface area contributed by atoms with E-state index in [1.165, 1.54) is 37.7 Å². The van der Waals surface area contributed by atoms with E-state index in [1.54, 1.807) is 0 Å². The Morgan fingerprint density at radius 2 is 1.81 bits per heavy atom. The zero-order valence-electron chi connectivity index (χ0n) is 13.2. The molecule has 2 aliphatic heterocycles. The van der Waals surface area contributed by atoms with Crippen molar-refractivity contribution >= 4 is 11.6 Å². The molecule has 3 atom stereocenters. The van der Waals surface area contributed by atoms with Gasteiger partial charge in [-0.3, -0.25) is 0 Å². The van der Waals surface area contributed by atoms with Crippen molar-refractivity contribution in [3.05, 3.63) is 34.9 Å². The van der Waals surface area contributed by atoms with E-state index in [-0.39, 0.29) is 0 Å². The Labute approximate surface area is 133 Å². The van der Waals surface area contributed by atoms with Crippen LogP contribution in [0.3, 0.4) is 0 Å². The molecule has 0 aromatic heterocycles. The van der Waals surface area contributed by atoms with Crippen LogP contribution in [0.4, 0.5) is 0 Å². The number of halogens is 1. The Kier molecular flexibility index (Phi) is 4.88. The van der Waals surface area contributed by atoms with Crippen LogP contribution in [0.1, 0.15) is 50.6 Å². The van der Waals surface area contributed by atoms with Gasteiger partial charge in [0.05, 0.1) is 0 Å². The van der Waals surface area contributed by atoms with Crippen molar-refractivity contribution in [1.29, 1.82) is 0 Å². The highest BCUT2D eigenvalue weighted by molar-refractivity contribution is 6.30. The molecule has 2 fully saturated rings. The Hall–Kier alpha value is -0.570. The van der Waals surface area contributed by atoms with Crippen LogP contribution >= 0.6 is 11.6 Å². The van der Waals surface area contributed by atoms with Crippen LogP contribution < -0.4 is 5.32 Å². The second-order valence-corrected chi connectivity index (χ2v) is 7.20. The number of nitrogens with one attached hydrogen (secondary N) is 1. The Morgan fingerprint density at radius 1 is 1.19 bits per heavy atom. The van der Waals surface area contributed by atoms with Crippen LogP contribution in [0.5, 0.6) is 0 Å². The van der Waals surface area contributed by atoms with Crippen LogP contribution in [0.2, 0.25) is 5.02 Å². The minimum atomic E-state index is 0.485. The molecule has 3 rings (SSSR count). The molecule has 1 N–H and O–H groups in total. The lowest BCUT2D eigenvalue weighted by Crippen LogP contribution is -2.43. The van der Waals surface area contributed by atoms with Gasteiger partial charge in [-0.25, -0.2) is 0 Å². The molecule has 2 bridgehead atoms. The van der Waals surface area contributed by atoms with E-state index in [2.05, 4.69) is 36.3 Å². The summed E-state index contributed by atoms with van der Waals surface area (Å²) in [6, 6.07) is 10.5. The van der Waals surface area contributed by atoms with E-state index < -0.39 is 0 Å². The topological polar surface area (TPSA) is 15.3 Å². The number of benzene rings is 1. The summed E-state index contributed by atoms with van der Waals surface area (Å²) in [5.74, 6) is 0.756. The van der Waals surface area contributed by atoms with Gasteiger partial charge in [0.2, 0.25) is 0 Å². The average Bonchev–Trinajstić information content (AvgIpc) is 2.72. The summed E-state index contributed by atoms with van der Waals surface area (Å²) in [7, 11) is 2.31. The van der Waals surface area contributed by atoms with Gasteiger partial charge in [0.25, 0.3) is 0 Å². The highest BCUT2D eigenvalue weighted by Crippen LogP contribution is 2.42. The van der Waals surface area contributed by atoms with Gasteiger partial charge in [-0.2, -0.15) is 0 Å². The van der Waals surface area contributed by atoms with E-state index in [0.29, 0.717) is 6.04 Å². The fourth-order valence-corrected chi connectivity index (χ4v) is 4.38. The van der Waals surface area contributed by atoms with Gasteiger partial charge in [-0.15, -0.1) is 0 Å². The van der Waals surface area contributed by atoms with Crippen LogP contribution in [-0.2, 0) is 0 Å². The zero-order valence-corrected chi connectivity index (χ0v) is 13.9. The molecule has 2 aliphatic rings. The summed E-state index contributed by atoms with van der Waals surface area (Å²) in [6.45, 7) is 3.33. The van der Waals surface area contributed by atoms with Crippen molar-refractivity contribution in [2.45, 2.75) is 57.2 Å². The minimum Gasteiger partial charge on any atom is -0.310 e. The van der Waals surface area contributed by atoms with Crippen molar-refractivity contribution in [3.63, 3.8) is 0 Å². The maximum Gasteiger partial charge on any atom is 0.0406 e. The van der Waals surface area contributed by atoms with E-state index in [9.17, 15) is 0 Å². The van der Waals surface area contributed by atoms with Gasteiger partial charge in [0, 0.05) is 23.1 Å². The first-order chi connectivity index (χ1) is 10.2. The van der Waals surface area contributed by atoms with Crippen molar-refractivity contribution in [2.24, 2.45) is 5.92 Å².